The van der Waals surface area contributed by atoms with E-state index in [-0.39, 0.29) is 29.2 Å². The van der Waals surface area contributed by atoms with Crippen LogP contribution in [0.25, 0.3) is 11.1 Å². The van der Waals surface area contributed by atoms with E-state index in [9.17, 15) is 30.7 Å². The minimum Gasteiger partial charge on any atom is -0.429 e. The van der Waals surface area contributed by atoms with Crippen molar-refractivity contribution in [3.05, 3.63) is 88.5 Å². The van der Waals surface area contributed by atoms with Gasteiger partial charge in [-0.05, 0) is 105 Å². The monoisotopic (exact) mass is 612 g/mol. The zero-order chi connectivity index (χ0) is 30.9. The molecule has 0 spiro atoms. The van der Waals surface area contributed by atoms with Crippen molar-refractivity contribution >= 4 is 0 Å². The van der Waals surface area contributed by atoms with Gasteiger partial charge in [0.25, 0.3) is 0 Å². The summed E-state index contributed by atoms with van der Waals surface area (Å²) in [7, 11) is 0. The molecule has 0 saturated heterocycles. The quantitative estimate of drug-likeness (QED) is 0.186. The van der Waals surface area contributed by atoms with Crippen molar-refractivity contribution in [2.75, 3.05) is 6.61 Å². The number of hydrogen-bond donors (Lipinski definition) is 0. The van der Waals surface area contributed by atoms with Gasteiger partial charge in [-0.2, -0.15) is 8.78 Å². The van der Waals surface area contributed by atoms with E-state index in [2.05, 4.69) is 4.74 Å². The van der Waals surface area contributed by atoms with Gasteiger partial charge in [-0.25, -0.2) is 26.3 Å². The molecule has 10 heteroatoms. The normalized spacial score (nSPS) is 22.9. The summed E-state index contributed by atoms with van der Waals surface area (Å²) in [5.41, 5.74) is -1.57. The van der Waals surface area contributed by atoms with Crippen LogP contribution in [-0.4, -0.2) is 12.7 Å². The molecule has 0 atom stereocenters. The molecule has 2 saturated carbocycles. The van der Waals surface area contributed by atoms with Gasteiger partial charge < -0.3 is 9.47 Å². The average molecular weight is 613 g/mol. The Kier molecular flexibility index (Phi) is 9.34. The molecule has 43 heavy (non-hydrogen) atoms. The van der Waals surface area contributed by atoms with Gasteiger partial charge in [0.05, 0.1) is 6.10 Å². The SMILES string of the molecule is CCOC1CCC(C2CCC(c3ccc(-c4cc(F)c(C(F)(F)Oc5cc(F)c(F)c(F)c5)c(F)c4)c(F)c3)CC2)CC1. The lowest BCUT2D eigenvalue weighted by molar-refractivity contribution is -0.189. The highest BCUT2D eigenvalue weighted by molar-refractivity contribution is 5.65. The number of halogens is 8. The largest absolute Gasteiger partial charge is 0.432 e. The van der Waals surface area contributed by atoms with Gasteiger partial charge in [-0.3, -0.25) is 0 Å². The highest BCUT2D eigenvalue weighted by Gasteiger charge is 2.42. The summed E-state index contributed by atoms with van der Waals surface area (Å²) in [6.45, 7) is 2.75. The van der Waals surface area contributed by atoms with E-state index < -0.39 is 52.3 Å². The third-order valence-corrected chi connectivity index (χ3v) is 8.87. The lowest BCUT2D eigenvalue weighted by Crippen LogP contribution is -2.28. The molecule has 2 fully saturated rings. The minimum absolute atomic E-state index is 0.119. The van der Waals surface area contributed by atoms with Gasteiger partial charge in [0.1, 0.15) is 28.8 Å². The molecule has 0 radical (unpaired) electrons. The van der Waals surface area contributed by atoms with Gasteiger partial charge in [0.2, 0.25) is 0 Å². The van der Waals surface area contributed by atoms with E-state index in [1.807, 2.05) is 6.92 Å². The van der Waals surface area contributed by atoms with Crippen molar-refractivity contribution in [1.29, 1.82) is 0 Å². The van der Waals surface area contributed by atoms with Crippen molar-refractivity contribution < 1.29 is 44.6 Å². The lowest BCUT2D eigenvalue weighted by atomic mass is 9.69. The lowest BCUT2D eigenvalue weighted by Gasteiger charge is -2.38. The zero-order valence-corrected chi connectivity index (χ0v) is 23.6. The molecule has 5 rings (SSSR count). The number of hydrogen-bond acceptors (Lipinski definition) is 2. The molecule has 0 aliphatic heterocycles. The highest BCUT2D eigenvalue weighted by Crippen LogP contribution is 2.44. The Morgan fingerprint density at radius 1 is 0.674 bits per heavy atom. The topological polar surface area (TPSA) is 18.5 Å². The van der Waals surface area contributed by atoms with Crippen LogP contribution in [0.3, 0.4) is 0 Å². The van der Waals surface area contributed by atoms with Gasteiger partial charge in [-0.15, -0.1) is 0 Å². The fourth-order valence-electron chi connectivity index (χ4n) is 6.70. The molecule has 3 aromatic carbocycles. The first-order valence-electron chi connectivity index (χ1n) is 14.6. The third kappa shape index (κ3) is 6.84. The molecule has 0 aromatic heterocycles. The second kappa shape index (κ2) is 12.8. The summed E-state index contributed by atoms with van der Waals surface area (Å²) in [6, 6.07) is 5.69. The second-order valence-electron chi connectivity index (χ2n) is 11.5. The molecule has 0 amide bonds. The van der Waals surface area contributed by atoms with Crippen LogP contribution in [0.4, 0.5) is 35.1 Å². The highest BCUT2D eigenvalue weighted by atomic mass is 19.3. The summed E-state index contributed by atoms with van der Waals surface area (Å²) in [4.78, 5) is 0. The first-order valence-corrected chi connectivity index (χ1v) is 14.6. The summed E-state index contributed by atoms with van der Waals surface area (Å²) < 4.78 is 124. The van der Waals surface area contributed by atoms with E-state index in [1.165, 1.54) is 12.1 Å². The molecule has 2 aliphatic rings. The van der Waals surface area contributed by atoms with Crippen LogP contribution < -0.4 is 4.74 Å². The van der Waals surface area contributed by atoms with E-state index in [0.717, 1.165) is 63.5 Å². The molecule has 2 aliphatic carbocycles. The van der Waals surface area contributed by atoms with E-state index in [4.69, 9.17) is 4.74 Å². The Balaban J connectivity index is 1.26. The maximum absolute atomic E-state index is 15.2. The predicted molar refractivity (Wildman–Crippen MR) is 145 cm³/mol. The Morgan fingerprint density at radius 2 is 1.23 bits per heavy atom. The van der Waals surface area contributed by atoms with Crippen LogP contribution in [0.1, 0.15) is 75.3 Å². The average Bonchev–Trinajstić information content (AvgIpc) is 2.95. The smallest absolute Gasteiger partial charge is 0.429 e. The number of alkyl halides is 2. The summed E-state index contributed by atoms with van der Waals surface area (Å²) in [6.07, 6.45) is 4.04. The summed E-state index contributed by atoms with van der Waals surface area (Å²) in [5.74, 6) is -9.57. The summed E-state index contributed by atoms with van der Waals surface area (Å²) in [5, 5.41) is 0. The predicted octanol–water partition coefficient (Wildman–Crippen LogP) is 10.2. The van der Waals surface area contributed by atoms with Crippen LogP contribution in [0.2, 0.25) is 0 Å². The fraction of sp³-hybridized carbons (Fsp3) is 0.455. The number of benzene rings is 3. The molecule has 232 valence electrons. The maximum Gasteiger partial charge on any atom is 0.432 e. The van der Waals surface area contributed by atoms with E-state index >= 15 is 4.39 Å². The van der Waals surface area contributed by atoms with Crippen molar-refractivity contribution in [3.8, 4) is 16.9 Å². The molecule has 3 aromatic rings. The molecule has 0 N–H and O–H groups in total. The van der Waals surface area contributed by atoms with Gasteiger partial charge in [0.15, 0.2) is 17.5 Å². The maximum atomic E-state index is 15.2. The Labute approximate surface area is 245 Å². The zero-order valence-electron chi connectivity index (χ0n) is 23.6. The van der Waals surface area contributed by atoms with Crippen LogP contribution in [0.5, 0.6) is 5.75 Å². The van der Waals surface area contributed by atoms with E-state index in [1.54, 1.807) is 6.07 Å². The fourth-order valence-corrected chi connectivity index (χ4v) is 6.70. The van der Waals surface area contributed by atoms with Crippen molar-refractivity contribution in [2.45, 2.75) is 76.4 Å². The van der Waals surface area contributed by atoms with Gasteiger partial charge in [-0.1, -0.05) is 12.1 Å². The Morgan fingerprint density at radius 3 is 1.77 bits per heavy atom. The number of ether oxygens (including phenoxy) is 2. The number of rotatable bonds is 8. The van der Waals surface area contributed by atoms with Crippen LogP contribution in [0.15, 0.2) is 42.5 Å². The minimum atomic E-state index is -4.73. The van der Waals surface area contributed by atoms with Crippen LogP contribution >= 0.6 is 0 Å². The molecular weight excluding hydrogens is 580 g/mol. The molecule has 0 bridgehead atoms. The van der Waals surface area contributed by atoms with Crippen LogP contribution in [0, 0.1) is 46.7 Å². The van der Waals surface area contributed by atoms with E-state index in [0.29, 0.717) is 30.1 Å². The van der Waals surface area contributed by atoms with Crippen LogP contribution in [-0.2, 0) is 10.8 Å². The first kappa shape index (κ1) is 31.3. The molecule has 2 nitrogen and oxygen atoms in total. The van der Waals surface area contributed by atoms with Crippen molar-refractivity contribution in [1.82, 2.24) is 0 Å². The van der Waals surface area contributed by atoms with Gasteiger partial charge in [0, 0.05) is 24.3 Å². The first-order chi connectivity index (χ1) is 20.5. The third-order valence-electron chi connectivity index (χ3n) is 8.87. The Hall–Kier alpha value is -3.14. The molecular formula is C33H32F8O2. The standard InChI is InChI=1S/C33H32F8O2/c1-2-42-23-10-7-19(8-11-23)18-3-5-20(6-4-18)21-9-12-25(26(34)13-21)22-14-27(35)31(28(36)15-22)33(40,41)43-24-16-29(37)32(39)30(38)17-24/h9,12-20,23H,2-8,10-11H2,1H3. The second-order valence-corrected chi connectivity index (χ2v) is 11.5. The molecule has 0 heterocycles. The van der Waals surface area contributed by atoms with Crippen molar-refractivity contribution in [2.24, 2.45) is 11.8 Å². The van der Waals surface area contributed by atoms with Crippen molar-refractivity contribution in [3.63, 3.8) is 0 Å². The Bertz CT molecular complexity index is 1400. The molecule has 0 unspecified atom stereocenters. The summed E-state index contributed by atoms with van der Waals surface area (Å²) >= 11 is 0. The van der Waals surface area contributed by atoms with Gasteiger partial charge >= 0.3 is 6.11 Å².